The van der Waals surface area contributed by atoms with Crippen LogP contribution in [-0.2, 0) is 26.2 Å². The maximum Gasteiger partial charge on any atom is 0.250 e. The van der Waals surface area contributed by atoms with E-state index < -0.39 is 10.0 Å². The van der Waals surface area contributed by atoms with E-state index in [0.29, 0.717) is 30.3 Å². The van der Waals surface area contributed by atoms with E-state index in [1.54, 1.807) is 30.3 Å². The van der Waals surface area contributed by atoms with Crippen molar-refractivity contribution < 1.29 is 18.0 Å². The average molecular weight is 531 g/mol. The highest BCUT2D eigenvalue weighted by Gasteiger charge is 2.41. The minimum Gasteiger partial charge on any atom is -0.358 e. The van der Waals surface area contributed by atoms with E-state index in [4.69, 9.17) is 11.6 Å². The Morgan fingerprint density at radius 3 is 2.42 bits per heavy atom. The number of halogens is 1. The fourth-order valence-electron chi connectivity index (χ4n) is 5.32. The molecule has 2 amide bonds. The summed E-state index contributed by atoms with van der Waals surface area (Å²) in [6, 6.07) is 11.9. The molecule has 2 saturated heterocycles. The van der Waals surface area contributed by atoms with Gasteiger partial charge < -0.3 is 10.2 Å². The number of benzene rings is 2. The first-order valence-electron chi connectivity index (χ1n) is 12.6. The summed E-state index contributed by atoms with van der Waals surface area (Å²) in [5.74, 6) is -0.464. The van der Waals surface area contributed by atoms with Crippen molar-refractivity contribution in [3.05, 3.63) is 53.1 Å². The molecule has 192 valence electrons. The number of carbonyl (C=O) groups is 2. The molecular formula is C26H31ClN4O4S. The van der Waals surface area contributed by atoms with Crippen LogP contribution >= 0.6 is 11.6 Å². The van der Waals surface area contributed by atoms with Gasteiger partial charge in [-0.2, -0.15) is 4.31 Å². The van der Waals surface area contributed by atoms with Crippen molar-refractivity contribution in [2.75, 3.05) is 36.0 Å². The number of sulfonamides is 1. The second kappa shape index (κ2) is 10.4. The molecule has 2 fully saturated rings. The summed E-state index contributed by atoms with van der Waals surface area (Å²) in [6.07, 6.45) is 5.35. The summed E-state index contributed by atoms with van der Waals surface area (Å²) < 4.78 is 28.3. The van der Waals surface area contributed by atoms with Gasteiger partial charge in [0.2, 0.25) is 21.8 Å². The summed E-state index contributed by atoms with van der Waals surface area (Å²) in [5, 5.41) is 3.49. The summed E-state index contributed by atoms with van der Waals surface area (Å²) in [4.78, 5) is 30.2. The number of hydrogen-bond donors (Lipinski definition) is 1. The second-order valence-electron chi connectivity index (χ2n) is 9.65. The number of anilines is 2. The number of amides is 2. The van der Waals surface area contributed by atoms with Crippen LogP contribution in [0.15, 0.2) is 47.4 Å². The van der Waals surface area contributed by atoms with Gasteiger partial charge in [-0.3, -0.25) is 14.5 Å². The zero-order valence-electron chi connectivity index (χ0n) is 20.2. The van der Waals surface area contributed by atoms with E-state index >= 15 is 0 Å². The molecule has 0 bridgehead atoms. The maximum absolute atomic E-state index is 13.6. The van der Waals surface area contributed by atoms with E-state index in [-0.39, 0.29) is 29.3 Å². The minimum atomic E-state index is -3.68. The smallest absolute Gasteiger partial charge is 0.250 e. The highest BCUT2D eigenvalue weighted by Crippen LogP contribution is 2.41. The molecule has 3 heterocycles. The number of carbonyl (C=O) groups excluding carboxylic acids is 2. The third kappa shape index (κ3) is 4.96. The number of piperidine rings is 2. The first-order valence-corrected chi connectivity index (χ1v) is 14.4. The van der Waals surface area contributed by atoms with Gasteiger partial charge in [0.25, 0.3) is 0 Å². The van der Waals surface area contributed by atoms with Gasteiger partial charge in [-0.15, -0.1) is 0 Å². The molecule has 2 aromatic rings. The van der Waals surface area contributed by atoms with Crippen LogP contribution in [0.2, 0.25) is 5.02 Å². The number of hydrogen-bond acceptors (Lipinski definition) is 5. The normalized spacial score (nSPS) is 20.6. The first kappa shape index (κ1) is 25.0. The molecule has 3 aliphatic rings. The van der Waals surface area contributed by atoms with Crippen LogP contribution in [0.25, 0.3) is 0 Å². The molecular weight excluding hydrogens is 500 g/mol. The Morgan fingerprint density at radius 2 is 1.67 bits per heavy atom. The molecule has 0 radical (unpaired) electrons. The molecule has 1 N–H and O–H groups in total. The van der Waals surface area contributed by atoms with Crippen molar-refractivity contribution in [1.82, 2.24) is 9.62 Å². The van der Waals surface area contributed by atoms with Crippen LogP contribution in [0.3, 0.4) is 0 Å². The number of nitrogens with one attached hydrogen (secondary N) is 1. The lowest BCUT2D eigenvalue weighted by Gasteiger charge is -2.45. The molecule has 8 nitrogen and oxygen atoms in total. The van der Waals surface area contributed by atoms with Crippen molar-refractivity contribution in [2.45, 2.75) is 56.0 Å². The van der Waals surface area contributed by atoms with E-state index in [1.807, 2.05) is 12.1 Å². The van der Waals surface area contributed by atoms with Gasteiger partial charge in [0.1, 0.15) is 12.6 Å². The molecule has 0 aromatic heterocycles. The molecule has 0 spiro atoms. The van der Waals surface area contributed by atoms with Gasteiger partial charge in [-0.05, 0) is 68.0 Å². The highest BCUT2D eigenvalue weighted by molar-refractivity contribution is 7.89. The minimum absolute atomic E-state index is 0.156. The summed E-state index contributed by atoms with van der Waals surface area (Å²) in [5.41, 5.74) is 2.19. The molecule has 2 aromatic carbocycles. The van der Waals surface area contributed by atoms with Crippen molar-refractivity contribution in [3.63, 3.8) is 0 Å². The Hall–Kier alpha value is -2.62. The van der Waals surface area contributed by atoms with E-state index in [2.05, 4.69) is 10.2 Å². The van der Waals surface area contributed by atoms with Gasteiger partial charge in [0.05, 0.1) is 16.3 Å². The number of fused-ring (bicyclic) bond motifs is 3. The predicted octanol–water partition coefficient (Wildman–Crippen LogP) is 3.54. The molecule has 36 heavy (non-hydrogen) atoms. The van der Waals surface area contributed by atoms with Crippen molar-refractivity contribution in [1.29, 1.82) is 0 Å². The van der Waals surface area contributed by atoms with Crippen LogP contribution in [0.1, 0.15) is 44.1 Å². The van der Waals surface area contributed by atoms with Gasteiger partial charge >= 0.3 is 0 Å². The van der Waals surface area contributed by atoms with Crippen LogP contribution < -0.4 is 15.1 Å². The molecule has 0 saturated carbocycles. The van der Waals surface area contributed by atoms with Crippen LogP contribution in [-0.4, -0.2) is 56.8 Å². The average Bonchev–Trinajstić information content (AvgIpc) is 2.91. The topological polar surface area (TPSA) is 90.0 Å². The largest absolute Gasteiger partial charge is 0.358 e. The molecule has 0 aliphatic carbocycles. The molecule has 3 aliphatic heterocycles. The molecule has 10 heteroatoms. The zero-order chi connectivity index (χ0) is 25.3. The quantitative estimate of drug-likeness (QED) is 0.617. The van der Waals surface area contributed by atoms with Crippen LogP contribution in [0.5, 0.6) is 0 Å². The third-order valence-electron chi connectivity index (χ3n) is 7.26. The lowest BCUT2D eigenvalue weighted by Crippen LogP contribution is -2.57. The predicted molar refractivity (Wildman–Crippen MR) is 140 cm³/mol. The SMILES string of the molecule is O=C(CN1C(=O)C2CCCCN2c2ccc(S(=O)(=O)N3CCCCC3)cc21)NCc1ccc(Cl)cc1. The lowest BCUT2D eigenvalue weighted by atomic mass is 9.96. The molecule has 1 unspecified atom stereocenters. The Labute approximate surface area is 217 Å². The lowest BCUT2D eigenvalue weighted by molar-refractivity contribution is -0.125. The summed E-state index contributed by atoms with van der Waals surface area (Å²) in [6.45, 7) is 1.88. The Bertz CT molecular complexity index is 1250. The molecule has 1 atom stereocenters. The van der Waals surface area contributed by atoms with Gasteiger partial charge in [-0.1, -0.05) is 30.2 Å². The standard InChI is InChI=1S/C26H31ClN4O4S/c27-20-9-7-19(8-10-20)17-28-25(32)18-31-24-16-21(36(34,35)29-13-3-1-4-14-29)11-12-22(24)30-15-5-2-6-23(30)26(31)33/h7-12,16,23H,1-6,13-15,17-18H2,(H,28,32). The fourth-order valence-corrected chi connectivity index (χ4v) is 6.98. The van der Waals surface area contributed by atoms with Gasteiger partial charge in [-0.25, -0.2) is 8.42 Å². The fraction of sp³-hybridized carbons (Fsp3) is 0.462. The van der Waals surface area contributed by atoms with E-state index in [1.165, 1.54) is 9.21 Å². The molecule has 5 rings (SSSR count). The van der Waals surface area contributed by atoms with E-state index in [9.17, 15) is 18.0 Å². The van der Waals surface area contributed by atoms with Gasteiger partial charge in [0.15, 0.2) is 0 Å². The third-order valence-corrected chi connectivity index (χ3v) is 9.41. The Morgan fingerprint density at radius 1 is 0.944 bits per heavy atom. The number of rotatable bonds is 6. The van der Waals surface area contributed by atoms with Crippen molar-refractivity contribution >= 4 is 44.8 Å². The second-order valence-corrected chi connectivity index (χ2v) is 12.0. The van der Waals surface area contributed by atoms with E-state index in [0.717, 1.165) is 56.3 Å². The monoisotopic (exact) mass is 530 g/mol. The Balaban J connectivity index is 1.42. The first-order chi connectivity index (χ1) is 17.3. The number of nitrogens with zero attached hydrogens (tertiary/aromatic N) is 3. The summed E-state index contributed by atoms with van der Waals surface area (Å²) >= 11 is 5.94. The van der Waals surface area contributed by atoms with Crippen LogP contribution in [0, 0.1) is 0 Å². The maximum atomic E-state index is 13.6. The highest BCUT2D eigenvalue weighted by atomic mass is 35.5. The summed E-state index contributed by atoms with van der Waals surface area (Å²) in [7, 11) is -3.68. The van der Waals surface area contributed by atoms with Crippen LogP contribution in [0.4, 0.5) is 11.4 Å². The van der Waals surface area contributed by atoms with Crippen molar-refractivity contribution in [2.24, 2.45) is 0 Å². The zero-order valence-corrected chi connectivity index (χ0v) is 21.7. The Kier molecular flexibility index (Phi) is 7.23. The van der Waals surface area contributed by atoms with Gasteiger partial charge in [0, 0.05) is 31.2 Å². The van der Waals surface area contributed by atoms with Crippen molar-refractivity contribution in [3.8, 4) is 0 Å².